The third-order valence-corrected chi connectivity index (χ3v) is 6.34. The van der Waals surface area contributed by atoms with Gasteiger partial charge in [0.2, 0.25) is 6.79 Å². The predicted molar refractivity (Wildman–Crippen MR) is 107 cm³/mol. The van der Waals surface area contributed by atoms with Crippen LogP contribution in [0.2, 0.25) is 0 Å². The Hall–Kier alpha value is -1.72. The normalized spacial score (nSPS) is 26.8. The third-order valence-electron chi connectivity index (χ3n) is 5.79. The second kappa shape index (κ2) is 6.78. The van der Waals surface area contributed by atoms with Gasteiger partial charge in [-0.05, 0) is 48.4 Å². The first-order valence-corrected chi connectivity index (χ1v) is 10.3. The largest absolute Gasteiger partial charge is 0.454 e. The molecule has 3 atom stereocenters. The van der Waals surface area contributed by atoms with Crippen LogP contribution < -0.4 is 19.7 Å². The number of piperazine rings is 1. The summed E-state index contributed by atoms with van der Waals surface area (Å²) in [5.41, 5.74) is 4.30. The smallest absolute Gasteiger partial charge is 0.231 e. The molecule has 4 nitrogen and oxygen atoms in total. The van der Waals surface area contributed by atoms with Crippen LogP contribution in [0.5, 0.6) is 11.5 Å². The van der Waals surface area contributed by atoms with Gasteiger partial charge in [0.25, 0.3) is 0 Å². The van der Waals surface area contributed by atoms with Crippen LogP contribution in [-0.4, -0.2) is 30.9 Å². The molecule has 0 radical (unpaired) electrons. The van der Waals surface area contributed by atoms with Gasteiger partial charge in [0, 0.05) is 30.9 Å². The first kappa shape index (κ1) is 16.5. The molecule has 2 aromatic rings. The molecule has 136 valence electrons. The van der Waals surface area contributed by atoms with Crippen molar-refractivity contribution in [3.05, 3.63) is 53.6 Å². The molecule has 2 heterocycles. The average molecular weight is 415 g/mol. The van der Waals surface area contributed by atoms with Crippen molar-refractivity contribution in [2.45, 2.75) is 36.2 Å². The van der Waals surface area contributed by atoms with Gasteiger partial charge in [-0.2, -0.15) is 0 Å². The highest BCUT2D eigenvalue weighted by Crippen LogP contribution is 2.38. The lowest BCUT2D eigenvalue weighted by Gasteiger charge is -2.39. The van der Waals surface area contributed by atoms with Gasteiger partial charge in [-0.3, -0.25) is 5.32 Å². The second-order valence-corrected chi connectivity index (χ2v) is 8.55. The molecule has 5 rings (SSSR count). The fraction of sp³-hybridized carbons (Fsp3) is 0.429. The van der Waals surface area contributed by atoms with E-state index in [1.54, 1.807) is 5.56 Å². The van der Waals surface area contributed by atoms with Gasteiger partial charge in [-0.1, -0.05) is 40.2 Å². The molecule has 0 aromatic heterocycles. The van der Waals surface area contributed by atoms with Crippen LogP contribution in [0.3, 0.4) is 0 Å². The summed E-state index contributed by atoms with van der Waals surface area (Å²) in [5, 5.41) is 3.75. The Kier molecular flexibility index (Phi) is 4.29. The Labute approximate surface area is 162 Å². The molecule has 5 heteroatoms. The van der Waals surface area contributed by atoms with Crippen LogP contribution in [0.4, 0.5) is 5.69 Å². The number of nitrogens with one attached hydrogen (secondary N) is 1. The van der Waals surface area contributed by atoms with Crippen molar-refractivity contribution in [1.29, 1.82) is 0 Å². The van der Waals surface area contributed by atoms with E-state index < -0.39 is 0 Å². The molecule has 0 saturated carbocycles. The summed E-state index contributed by atoms with van der Waals surface area (Å²) < 4.78 is 11.0. The Balaban J connectivity index is 1.32. The van der Waals surface area contributed by atoms with Crippen LogP contribution in [0, 0.1) is 0 Å². The molecule has 1 aliphatic carbocycles. The summed E-state index contributed by atoms with van der Waals surface area (Å²) in [6.07, 6.45) is 3.67. The van der Waals surface area contributed by atoms with Gasteiger partial charge in [0.1, 0.15) is 0 Å². The highest BCUT2D eigenvalue weighted by Gasteiger charge is 2.30. The summed E-state index contributed by atoms with van der Waals surface area (Å²) >= 11 is 3.80. The van der Waals surface area contributed by atoms with Crippen molar-refractivity contribution < 1.29 is 9.47 Å². The maximum absolute atomic E-state index is 5.55. The second-order valence-electron chi connectivity index (χ2n) is 7.44. The minimum Gasteiger partial charge on any atom is -0.454 e. The van der Waals surface area contributed by atoms with E-state index in [2.05, 4.69) is 62.5 Å². The van der Waals surface area contributed by atoms with Crippen LogP contribution in [-0.2, 0) is 6.42 Å². The molecule has 0 amide bonds. The van der Waals surface area contributed by atoms with Crippen molar-refractivity contribution in [2.75, 3.05) is 24.8 Å². The third kappa shape index (κ3) is 3.08. The van der Waals surface area contributed by atoms with E-state index in [1.807, 2.05) is 6.07 Å². The number of hydrogen-bond donors (Lipinski definition) is 1. The topological polar surface area (TPSA) is 33.7 Å². The zero-order valence-electron chi connectivity index (χ0n) is 14.7. The monoisotopic (exact) mass is 414 g/mol. The summed E-state index contributed by atoms with van der Waals surface area (Å²) in [6, 6.07) is 15.7. The first-order chi connectivity index (χ1) is 12.8. The number of nitrogens with zero attached hydrogens (tertiary/aromatic N) is 1. The molecule has 1 N–H and O–H groups in total. The van der Waals surface area contributed by atoms with E-state index in [0.717, 1.165) is 24.6 Å². The molecule has 3 unspecified atom stereocenters. The Morgan fingerprint density at radius 1 is 1.08 bits per heavy atom. The Morgan fingerprint density at radius 2 is 1.96 bits per heavy atom. The van der Waals surface area contributed by atoms with Crippen molar-refractivity contribution in [3.8, 4) is 11.5 Å². The predicted octanol–water partition coefficient (Wildman–Crippen LogP) is 4.03. The van der Waals surface area contributed by atoms with Gasteiger partial charge in [-0.15, -0.1) is 0 Å². The molecular weight excluding hydrogens is 392 g/mol. The molecule has 2 aromatic carbocycles. The van der Waals surface area contributed by atoms with E-state index >= 15 is 0 Å². The summed E-state index contributed by atoms with van der Waals surface area (Å²) in [7, 11) is 0. The summed E-state index contributed by atoms with van der Waals surface area (Å²) in [6.45, 7) is 2.28. The number of hydrogen-bond acceptors (Lipinski definition) is 4. The fourth-order valence-corrected chi connectivity index (χ4v) is 5.29. The van der Waals surface area contributed by atoms with E-state index in [0.29, 0.717) is 23.7 Å². The van der Waals surface area contributed by atoms with Gasteiger partial charge in [-0.25, -0.2) is 0 Å². The molecule has 2 aliphatic heterocycles. The van der Waals surface area contributed by atoms with Crippen molar-refractivity contribution in [2.24, 2.45) is 0 Å². The number of halogens is 1. The number of fused-ring (bicyclic) bond motifs is 2. The lowest BCUT2D eigenvalue weighted by Crippen LogP contribution is -2.54. The maximum Gasteiger partial charge on any atom is 0.231 e. The van der Waals surface area contributed by atoms with Crippen LogP contribution in [0.15, 0.2) is 42.5 Å². The maximum atomic E-state index is 5.55. The number of ether oxygens (including phenoxy) is 2. The van der Waals surface area contributed by atoms with E-state index in [1.165, 1.54) is 30.5 Å². The molecule has 3 aliphatic rings. The number of alkyl halides is 1. The van der Waals surface area contributed by atoms with Gasteiger partial charge >= 0.3 is 0 Å². The van der Waals surface area contributed by atoms with E-state index in [4.69, 9.17) is 9.47 Å². The van der Waals surface area contributed by atoms with Crippen molar-refractivity contribution in [3.63, 3.8) is 0 Å². The van der Waals surface area contributed by atoms with Crippen LogP contribution >= 0.6 is 15.9 Å². The quantitative estimate of drug-likeness (QED) is 0.606. The van der Waals surface area contributed by atoms with Crippen molar-refractivity contribution >= 4 is 21.6 Å². The number of rotatable bonds is 3. The Morgan fingerprint density at radius 3 is 2.92 bits per heavy atom. The van der Waals surface area contributed by atoms with Crippen LogP contribution in [0.25, 0.3) is 0 Å². The van der Waals surface area contributed by atoms with Crippen molar-refractivity contribution in [1.82, 2.24) is 5.32 Å². The number of aryl methyl sites for hydroxylation is 1. The fourth-order valence-electron chi connectivity index (χ4n) is 4.56. The molecule has 1 fully saturated rings. The number of benzene rings is 2. The first-order valence-electron chi connectivity index (χ1n) is 9.39. The standard InChI is InChI=1S/C21H23BrN2O2/c22-21-12-24(17-7-8-19-20(10-17)26-13-25-19)11-16(23-21)9-15-6-5-14-3-1-2-4-18(14)15/h1-4,7-8,10,15-16,21,23H,5-6,9,11-13H2. The minimum atomic E-state index is 0.295. The minimum absolute atomic E-state index is 0.295. The summed E-state index contributed by atoms with van der Waals surface area (Å²) in [4.78, 5) is 2.74. The highest BCUT2D eigenvalue weighted by atomic mass is 79.9. The highest BCUT2D eigenvalue weighted by molar-refractivity contribution is 9.09. The SMILES string of the molecule is BrC1CN(c2ccc3c(c2)OCO3)CC(CC2CCc3ccccc32)N1. The molecule has 0 spiro atoms. The molecular formula is C21H23BrN2O2. The van der Waals surface area contributed by atoms with E-state index in [9.17, 15) is 0 Å². The zero-order chi connectivity index (χ0) is 17.5. The zero-order valence-corrected chi connectivity index (χ0v) is 16.2. The van der Waals surface area contributed by atoms with Gasteiger partial charge in [0.05, 0.1) is 4.95 Å². The molecule has 0 bridgehead atoms. The number of anilines is 1. The van der Waals surface area contributed by atoms with E-state index in [-0.39, 0.29) is 0 Å². The average Bonchev–Trinajstić information content (AvgIpc) is 3.28. The lowest BCUT2D eigenvalue weighted by molar-refractivity contribution is 0.174. The summed E-state index contributed by atoms with van der Waals surface area (Å²) in [5.74, 6) is 2.37. The molecule has 1 saturated heterocycles. The molecule has 26 heavy (non-hydrogen) atoms. The Bertz CT molecular complexity index is 812. The lowest BCUT2D eigenvalue weighted by atomic mass is 9.92. The van der Waals surface area contributed by atoms with Gasteiger partial charge < -0.3 is 14.4 Å². The van der Waals surface area contributed by atoms with Gasteiger partial charge in [0.15, 0.2) is 11.5 Å². The van der Waals surface area contributed by atoms with Crippen LogP contribution in [0.1, 0.15) is 29.9 Å².